The Kier molecular flexibility index (Phi) is 2.21. The number of aromatic nitrogens is 2. The van der Waals surface area contributed by atoms with E-state index in [0.29, 0.717) is 17.6 Å². The van der Waals surface area contributed by atoms with Gasteiger partial charge in [-0.1, -0.05) is 35.5 Å². The SMILES string of the molecule is ClCc1noc(C2(c3ccccc3)CC2)n1. The van der Waals surface area contributed by atoms with Crippen LogP contribution in [-0.2, 0) is 11.3 Å². The molecular formula is C12H11ClN2O. The Hall–Kier alpha value is -1.35. The minimum atomic E-state index is -0.0431. The fraction of sp³-hybridized carbons (Fsp3) is 0.333. The molecule has 82 valence electrons. The molecule has 0 amide bonds. The van der Waals surface area contributed by atoms with E-state index in [1.807, 2.05) is 18.2 Å². The maximum Gasteiger partial charge on any atom is 0.237 e. The van der Waals surface area contributed by atoms with Crippen LogP contribution in [0.15, 0.2) is 34.9 Å². The minimum Gasteiger partial charge on any atom is -0.338 e. The van der Waals surface area contributed by atoms with Crippen LogP contribution < -0.4 is 0 Å². The summed E-state index contributed by atoms with van der Waals surface area (Å²) in [6.45, 7) is 0. The molecular weight excluding hydrogens is 224 g/mol. The van der Waals surface area contributed by atoms with Crippen LogP contribution in [0.3, 0.4) is 0 Å². The van der Waals surface area contributed by atoms with Crippen molar-refractivity contribution in [1.29, 1.82) is 0 Å². The average Bonchev–Trinajstić information content (AvgIpc) is 3.02. The van der Waals surface area contributed by atoms with Crippen LogP contribution in [0.4, 0.5) is 0 Å². The van der Waals surface area contributed by atoms with Crippen LogP contribution in [0.25, 0.3) is 0 Å². The maximum atomic E-state index is 5.67. The van der Waals surface area contributed by atoms with Gasteiger partial charge in [-0.3, -0.25) is 0 Å². The zero-order valence-corrected chi connectivity index (χ0v) is 9.44. The molecule has 0 N–H and O–H groups in total. The van der Waals surface area contributed by atoms with Crippen molar-refractivity contribution in [2.45, 2.75) is 24.1 Å². The molecule has 16 heavy (non-hydrogen) atoms. The second kappa shape index (κ2) is 3.59. The molecule has 1 aliphatic carbocycles. The Balaban J connectivity index is 2.00. The summed E-state index contributed by atoms with van der Waals surface area (Å²) >= 11 is 5.67. The molecule has 0 bridgehead atoms. The number of nitrogens with zero attached hydrogens (tertiary/aromatic N) is 2. The van der Waals surface area contributed by atoms with Gasteiger partial charge in [0.1, 0.15) is 0 Å². The highest BCUT2D eigenvalue weighted by atomic mass is 35.5. The zero-order valence-electron chi connectivity index (χ0n) is 8.69. The van der Waals surface area contributed by atoms with E-state index < -0.39 is 0 Å². The molecule has 0 aliphatic heterocycles. The normalized spacial score (nSPS) is 17.3. The summed E-state index contributed by atoms with van der Waals surface area (Å²) in [5.74, 6) is 1.57. The monoisotopic (exact) mass is 234 g/mol. The standard InChI is InChI=1S/C12H11ClN2O/c13-8-10-14-11(16-15-10)12(6-7-12)9-4-2-1-3-5-9/h1-5H,6-8H2. The number of benzene rings is 1. The van der Waals surface area contributed by atoms with E-state index in [-0.39, 0.29) is 5.41 Å². The van der Waals surface area contributed by atoms with E-state index in [2.05, 4.69) is 22.3 Å². The lowest BCUT2D eigenvalue weighted by atomic mass is 9.96. The summed E-state index contributed by atoms with van der Waals surface area (Å²) in [4.78, 5) is 4.33. The average molecular weight is 235 g/mol. The Morgan fingerprint density at radius 1 is 1.25 bits per heavy atom. The van der Waals surface area contributed by atoms with E-state index in [1.165, 1.54) is 5.56 Å². The van der Waals surface area contributed by atoms with Crippen molar-refractivity contribution in [3.63, 3.8) is 0 Å². The van der Waals surface area contributed by atoms with E-state index in [9.17, 15) is 0 Å². The summed E-state index contributed by atoms with van der Waals surface area (Å²) in [5, 5.41) is 3.85. The molecule has 1 fully saturated rings. The molecule has 4 heteroatoms. The van der Waals surface area contributed by atoms with Crippen molar-refractivity contribution in [2.75, 3.05) is 0 Å². The van der Waals surface area contributed by atoms with Crippen LogP contribution in [0.2, 0.25) is 0 Å². The van der Waals surface area contributed by atoms with Crippen molar-refractivity contribution in [3.8, 4) is 0 Å². The number of alkyl halides is 1. The van der Waals surface area contributed by atoms with Crippen LogP contribution in [0.5, 0.6) is 0 Å². The highest BCUT2D eigenvalue weighted by Gasteiger charge is 2.50. The maximum absolute atomic E-state index is 5.67. The molecule has 3 nitrogen and oxygen atoms in total. The van der Waals surface area contributed by atoms with Crippen LogP contribution >= 0.6 is 11.6 Å². The smallest absolute Gasteiger partial charge is 0.237 e. The first-order valence-electron chi connectivity index (χ1n) is 5.30. The van der Waals surface area contributed by atoms with Crippen molar-refractivity contribution < 1.29 is 4.52 Å². The first-order chi connectivity index (χ1) is 7.85. The summed E-state index contributed by atoms with van der Waals surface area (Å²) < 4.78 is 5.29. The highest BCUT2D eigenvalue weighted by molar-refractivity contribution is 6.16. The Bertz CT molecular complexity index is 491. The first kappa shape index (κ1) is 9.85. The molecule has 1 aromatic carbocycles. The quantitative estimate of drug-likeness (QED) is 0.767. The van der Waals surface area contributed by atoms with Crippen molar-refractivity contribution in [3.05, 3.63) is 47.6 Å². The fourth-order valence-electron chi connectivity index (χ4n) is 2.01. The lowest BCUT2D eigenvalue weighted by Gasteiger charge is -2.09. The van der Waals surface area contributed by atoms with Gasteiger partial charge in [0.05, 0.1) is 11.3 Å². The van der Waals surface area contributed by atoms with E-state index >= 15 is 0 Å². The van der Waals surface area contributed by atoms with Crippen molar-refractivity contribution in [2.24, 2.45) is 0 Å². The summed E-state index contributed by atoms with van der Waals surface area (Å²) in [7, 11) is 0. The third kappa shape index (κ3) is 1.43. The van der Waals surface area contributed by atoms with Gasteiger partial charge < -0.3 is 4.52 Å². The highest BCUT2D eigenvalue weighted by Crippen LogP contribution is 2.52. The summed E-state index contributed by atoms with van der Waals surface area (Å²) in [5.41, 5.74) is 1.21. The van der Waals surface area contributed by atoms with Gasteiger partial charge >= 0.3 is 0 Å². The number of rotatable bonds is 3. The van der Waals surface area contributed by atoms with Crippen LogP contribution in [0.1, 0.15) is 30.1 Å². The molecule has 1 heterocycles. The second-order valence-electron chi connectivity index (χ2n) is 4.10. The Morgan fingerprint density at radius 2 is 2.00 bits per heavy atom. The van der Waals surface area contributed by atoms with E-state index in [1.54, 1.807) is 0 Å². The predicted octanol–water partition coefficient (Wildman–Crippen LogP) is 2.89. The largest absolute Gasteiger partial charge is 0.338 e. The van der Waals surface area contributed by atoms with Gasteiger partial charge in [-0.2, -0.15) is 4.98 Å². The van der Waals surface area contributed by atoms with Gasteiger partial charge in [-0.05, 0) is 18.4 Å². The van der Waals surface area contributed by atoms with Gasteiger partial charge in [0.2, 0.25) is 5.89 Å². The van der Waals surface area contributed by atoms with Gasteiger partial charge in [0.25, 0.3) is 0 Å². The molecule has 3 rings (SSSR count). The fourth-order valence-corrected chi connectivity index (χ4v) is 2.12. The van der Waals surface area contributed by atoms with Gasteiger partial charge in [-0.25, -0.2) is 0 Å². The van der Waals surface area contributed by atoms with Crippen molar-refractivity contribution >= 4 is 11.6 Å². The lowest BCUT2D eigenvalue weighted by molar-refractivity contribution is 0.356. The topological polar surface area (TPSA) is 38.9 Å². The summed E-state index contributed by atoms with van der Waals surface area (Å²) in [6, 6.07) is 10.3. The zero-order chi connectivity index (χ0) is 11.0. The molecule has 0 spiro atoms. The lowest BCUT2D eigenvalue weighted by Crippen LogP contribution is -2.08. The van der Waals surface area contributed by atoms with Crippen LogP contribution in [-0.4, -0.2) is 10.1 Å². The molecule has 0 saturated heterocycles. The minimum absolute atomic E-state index is 0.0431. The van der Waals surface area contributed by atoms with E-state index in [4.69, 9.17) is 16.1 Å². The molecule has 0 radical (unpaired) electrons. The molecule has 1 aliphatic rings. The Labute approximate surface area is 98.4 Å². The van der Waals surface area contributed by atoms with Crippen LogP contribution in [0, 0.1) is 0 Å². The molecule has 1 aromatic heterocycles. The van der Waals surface area contributed by atoms with Gasteiger partial charge in [0, 0.05) is 0 Å². The molecule has 0 atom stereocenters. The number of hydrogen-bond acceptors (Lipinski definition) is 3. The molecule has 1 saturated carbocycles. The number of hydrogen-bond donors (Lipinski definition) is 0. The predicted molar refractivity (Wildman–Crippen MR) is 60.3 cm³/mol. The Morgan fingerprint density at radius 3 is 2.56 bits per heavy atom. The third-order valence-electron chi connectivity index (χ3n) is 3.07. The van der Waals surface area contributed by atoms with E-state index in [0.717, 1.165) is 12.8 Å². The molecule has 0 unspecified atom stereocenters. The third-order valence-corrected chi connectivity index (χ3v) is 3.31. The van der Waals surface area contributed by atoms with Gasteiger partial charge in [0.15, 0.2) is 5.82 Å². The second-order valence-corrected chi connectivity index (χ2v) is 4.36. The number of halogens is 1. The molecule has 2 aromatic rings. The first-order valence-corrected chi connectivity index (χ1v) is 5.83. The van der Waals surface area contributed by atoms with Crippen molar-refractivity contribution in [1.82, 2.24) is 10.1 Å². The summed E-state index contributed by atoms with van der Waals surface area (Å²) in [6.07, 6.45) is 2.14. The van der Waals surface area contributed by atoms with Gasteiger partial charge in [-0.15, -0.1) is 11.6 Å².